The van der Waals surface area contributed by atoms with E-state index < -0.39 is 30.8 Å². The van der Waals surface area contributed by atoms with Gasteiger partial charge < -0.3 is 0 Å². The number of rotatable bonds is 5. The number of hydrazone groups is 1. The summed E-state index contributed by atoms with van der Waals surface area (Å²) in [7, 11) is -2.97. The van der Waals surface area contributed by atoms with Crippen molar-refractivity contribution in [2.24, 2.45) is 15.9 Å². The Bertz CT molecular complexity index is 1040. The standard InChI is InChI=1S/C22H26N5O7P/c28-16-5-6-17(29)27(16)10-9-21(7-8-21)18(30)24-23-13-11-22(12-13)19(31)33-35(34-20(22)32)25-14-3-1-2-4-15(14)26-35/h5-6,14-15,25-26H,1-4,7-12H2/p+1/t14-,15-/m1/s1. The quantitative estimate of drug-likeness (QED) is 0.211. The minimum atomic E-state index is -2.97. The summed E-state index contributed by atoms with van der Waals surface area (Å²) in [6.07, 6.45) is 8.21. The van der Waals surface area contributed by atoms with Crippen LogP contribution in [0.5, 0.6) is 0 Å². The molecule has 12 nitrogen and oxygen atoms in total. The predicted molar refractivity (Wildman–Crippen MR) is 121 cm³/mol. The number of nitrogens with one attached hydrogen (secondary N) is 3. The van der Waals surface area contributed by atoms with E-state index in [-0.39, 0.29) is 49.2 Å². The molecule has 3 aliphatic carbocycles. The first-order valence-electron chi connectivity index (χ1n) is 12.1. The minimum Gasteiger partial charge on any atom is -0.275 e. The fraction of sp³-hybridized carbons (Fsp3) is 0.636. The first-order chi connectivity index (χ1) is 16.7. The van der Waals surface area contributed by atoms with Crippen molar-refractivity contribution in [1.29, 1.82) is 0 Å². The molecule has 3 aliphatic heterocycles. The van der Waals surface area contributed by atoms with Gasteiger partial charge in [0.15, 0.2) is 5.41 Å². The molecule has 13 heteroatoms. The first kappa shape index (κ1) is 22.8. The number of fused-ring (bicyclic) bond motifs is 1. The highest BCUT2D eigenvalue weighted by atomic mass is 31.2. The maximum atomic E-state index is 12.9. The average Bonchev–Trinajstić information content (AvgIpc) is 3.40. The lowest BCUT2D eigenvalue weighted by atomic mass is 9.67. The number of hydrogen-bond donors (Lipinski definition) is 3. The van der Waals surface area contributed by atoms with Gasteiger partial charge in [0.2, 0.25) is 5.91 Å². The van der Waals surface area contributed by atoms with Crippen molar-refractivity contribution in [1.82, 2.24) is 20.5 Å². The topological polar surface area (TPSA) is 155 Å². The molecule has 6 rings (SSSR count). The summed E-state index contributed by atoms with van der Waals surface area (Å²) in [4.78, 5) is 63.1. The number of carbonyl (C=O) groups is 5. The van der Waals surface area contributed by atoms with E-state index in [0.717, 1.165) is 30.6 Å². The molecule has 3 N–H and O–H groups in total. The molecular formula is C22H27N5O7P+. The smallest absolute Gasteiger partial charge is 0.275 e. The zero-order valence-corrected chi connectivity index (χ0v) is 20.0. The molecule has 0 aromatic carbocycles. The lowest BCUT2D eigenvalue weighted by molar-refractivity contribution is -0.169. The van der Waals surface area contributed by atoms with E-state index in [1.165, 1.54) is 12.2 Å². The van der Waals surface area contributed by atoms with Crippen molar-refractivity contribution in [2.75, 3.05) is 6.54 Å². The summed E-state index contributed by atoms with van der Waals surface area (Å²) in [6.45, 7) is 0.171. The molecule has 3 heterocycles. The van der Waals surface area contributed by atoms with Gasteiger partial charge in [-0.05, 0) is 32.1 Å². The summed E-state index contributed by atoms with van der Waals surface area (Å²) in [6, 6.07) is 0.265. The largest absolute Gasteiger partial charge is 0.526 e. The van der Waals surface area contributed by atoms with Crippen molar-refractivity contribution in [2.45, 2.75) is 69.9 Å². The van der Waals surface area contributed by atoms with Crippen LogP contribution in [-0.2, 0) is 33.0 Å². The molecule has 6 aliphatic rings. The highest BCUT2D eigenvalue weighted by Gasteiger charge is 2.73. The SMILES string of the molecule is O=C1C=CC(=O)N1CCC1(C(=O)NN=C2CC3(C2)C(=O)O[P+]2(N[C@@H]4CCCC[C@H]4N2)OC3=O)CC1. The van der Waals surface area contributed by atoms with Gasteiger partial charge >= 0.3 is 20.0 Å². The molecule has 35 heavy (non-hydrogen) atoms. The van der Waals surface area contributed by atoms with Crippen LogP contribution in [0.15, 0.2) is 17.3 Å². The lowest BCUT2D eigenvalue weighted by Crippen LogP contribution is -2.56. The number of imide groups is 1. The van der Waals surface area contributed by atoms with Crippen LogP contribution in [0.25, 0.3) is 0 Å². The van der Waals surface area contributed by atoms with E-state index in [1.807, 2.05) is 0 Å². The molecule has 0 radical (unpaired) electrons. The second-order valence-corrected chi connectivity index (χ2v) is 12.3. The third kappa shape index (κ3) is 3.70. The zero-order valence-electron chi connectivity index (χ0n) is 19.1. The first-order valence-corrected chi connectivity index (χ1v) is 13.7. The molecule has 2 saturated heterocycles. The Hall–Kier alpha value is -2.69. The molecule has 0 unspecified atom stereocenters. The molecular weight excluding hydrogens is 477 g/mol. The van der Waals surface area contributed by atoms with Crippen molar-refractivity contribution in [3.8, 4) is 0 Å². The van der Waals surface area contributed by atoms with Crippen molar-refractivity contribution in [3.63, 3.8) is 0 Å². The van der Waals surface area contributed by atoms with Crippen LogP contribution < -0.4 is 15.6 Å². The Morgan fingerprint density at radius 2 is 1.60 bits per heavy atom. The number of nitrogens with zero attached hydrogens (tertiary/aromatic N) is 2. The third-order valence-electron chi connectivity index (χ3n) is 8.02. The van der Waals surface area contributed by atoms with E-state index in [1.54, 1.807) is 0 Å². The van der Waals surface area contributed by atoms with Gasteiger partial charge in [-0.2, -0.15) is 5.10 Å². The van der Waals surface area contributed by atoms with Gasteiger partial charge in [0.1, 0.15) is 0 Å². The Kier molecular flexibility index (Phi) is 5.14. The Morgan fingerprint density at radius 1 is 1.03 bits per heavy atom. The molecule has 5 fully saturated rings. The van der Waals surface area contributed by atoms with Crippen LogP contribution in [0.1, 0.15) is 57.8 Å². The summed E-state index contributed by atoms with van der Waals surface area (Å²) in [5.74, 6) is -2.26. The van der Waals surface area contributed by atoms with E-state index in [4.69, 9.17) is 9.05 Å². The van der Waals surface area contributed by atoms with Gasteiger partial charge in [-0.25, -0.2) is 24.1 Å². The second-order valence-electron chi connectivity index (χ2n) is 10.3. The predicted octanol–water partition coefficient (Wildman–Crippen LogP) is 0.616. The summed E-state index contributed by atoms with van der Waals surface area (Å²) < 4.78 is 11.4. The monoisotopic (exact) mass is 504 g/mol. The number of amides is 3. The Labute approximate surface area is 201 Å². The molecule has 2 spiro atoms. The summed E-state index contributed by atoms with van der Waals surface area (Å²) in [5.41, 5.74) is 0.977. The summed E-state index contributed by atoms with van der Waals surface area (Å²) in [5, 5.41) is 10.6. The van der Waals surface area contributed by atoms with Crippen LogP contribution in [0.4, 0.5) is 0 Å². The second kappa shape index (κ2) is 7.91. The number of carbonyl (C=O) groups excluding carboxylic acids is 5. The maximum absolute atomic E-state index is 12.9. The average molecular weight is 504 g/mol. The minimum absolute atomic E-state index is 0.0350. The molecule has 0 bridgehead atoms. The van der Waals surface area contributed by atoms with E-state index in [9.17, 15) is 24.0 Å². The van der Waals surface area contributed by atoms with Crippen LogP contribution >= 0.6 is 8.02 Å². The maximum Gasteiger partial charge on any atom is 0.526 e. The zero-order chi connectivity index (χ0) is 24.4. The van der Waals surface area contributed by atoms with Crippen molar-refractivity contribution < 1.29 is 33.0 Å². The van der Waals surface area contributed by atoms with Crippen LogP contribution in [0, 0.1) is 10.8 Å². The van der Waals surface area contributed by atoms with Crippen molar-refractivity contribution >= 4 is 43.4 Å². The van der Waals surface area contributed by atoms with Gasteiger partial charge in [-0.3, -0.25) is 19.3 Å². The Morgan fingerprint density at radius 3 is 2.14 bits per heavy atom. The van der Waals surface area contributed by atoms with E-state index in [0.29, 0.717) is 25.0 Å². The molecule has 0 aromatic rings. The highest BCUT2D eigenvalue weighted by molar-refractivity contribution is 7.64. The molecule has 3 amide bonds. The van der Waals surface area contributed by atoms with E-state index >= 15 is 0 Å². The Balaban J connectivity index is 1.03. The van der Waals surface area contributed by atoms with E-state index in [2.05, 4.69) is 20.7 Å². The molecule has 0 aromatic heterocycles. The molecule has 2 atom stereocenters. The number of hydrogen-bond acceptors (Lipinski definition) is 10. The molecule has 186 valence electrons. The van der Waals surface area contributed by atoms with Gasteiger partial charge in [0.05, 0.1) is 17.5 Å². The van der Waals surface area contributed by atoms with Crippen molar-refractivity contribution in [3.05, 3.63) is 12.2 Å². The van der Waals surface area contributed by atoms with Gasteiger partial charge in [-0.1, -0.05) is 12.8 Å². The lowest BCUT2D eigenvalue weighted by Gasteiger charge is -2.39. The van der Waals surface area contributed by atoms with Crippen LogP contribution in [0.3, 0.4) is 0 Å². The van der Waals surface area contributed by atoms with Crippen LogP contribution in [0.2, 0.25) is 0 Å². The van der Waals surface area contributed by atoms with Gasteiger partial charge in [0.25, 0.3) is 11.8 Å². The highest BCUT2D eigenvalue weighted by Crippen LogP contribution is 2.65. The fourth-order valence-corrected chi connectivity index (χ4v) is 8.14. The fourth-order valence-electron chi connectivity index (χ4n) is 5.51. The normalized spacial score (nSPS) is 36.7. The third-order valence-corrected chi connectivity index (χ3v) is 10.2. The van der Waals surface area contributed by atoms with Gasteiger partial charge in [-0.15, -0.1) is 10.2 Å². The van der Waals surface area contributed by atoms with Gasteiger partial charge in [0, 0.05) is 37.3 Å². The van der Waals surface area contributed by atoms with Crippen LogP contribution in [-0.4, -0.2) is 58.9 Å². The summed E-state index contributed by atoms with van der Waals surface area (Å²) >= 11 is 0. The molecule has 3 saturated carbocycles.